The van der Waals surface area contributed by atoms with Gasteiger partial charge in [0, 0.05) is 36.2 Å². The van der Waals surface area contributed by atoms with E-state index in [1.807, 2.05) is 0 Å². The first-order valence-electron chi connectivity index (χ1n) is 12.5. The van der Waals surface area contributed by atoms with Gasteiger partial charge in [-0.2, -0.15) is 0 Å². The SMILES string of the molecule is CCOC(=O)C1Cc2ccc(Oc3ccc(NC(=O)c4ccc([N+](=O)[O-])cc4)cn3)cc2N1C(=O)OC(C)(C)C. The molecule has 12 nitrogen and oxygen atoms in total. The summed E-state index contributed by atoms with van der Waals surface area (Å²) >= 11 is 0. The van der Waals surface area contributed by atoms with Gasteiger partial charge in [-0.3, -0.25) is 19.8 Å². The number of fused-ring (bicyclic) bond motifs is 1. The number of ether oxygens (including phenoxy) is 3. The van der Waals surface area contributed by atoms with Crippen LogP contribution in [0.3, 0.4) is 0 Å². The zero-order chi connectivity index (χ0) is 29.0. The molecule has 0 aliphatic carbocycles. The van der Waals surface area contributed by atoms with Crippen molar-refractivity contribution in [3.8, 4) is 11.6 Å². The number of nitro groups is 1. The number of hydrogen-bond donors (Lipinski definition) is 1. The summed E-state index contributed by atoms with van der Waals surface area (Å²) < 4.78 is 16.6. The van der Waals surface area contributed by atoms with E-state index in [2.05, 4.69) is 10.3 Å². The molecular weight excluding hydrogens is 520 g/mol. The van der Waals surface area contributed by atoms with Crippen LogP contribution in [0.2, 0.25) is 0 Å². The Morgan fingerprint density at radius 3 is 2.42 bits per heavy atom. The number of nitrogens with zero attached hydrogens (tertiary/aromatic N) is 3. The summed E-state index contributed by atoms with van der Waals surface area (Å²) in [6.07, 6.45) is 0.998. The average Bonchev–Trinajstić information content (AvgIpc) is 3.28. The van der Waals surface area contributed by atoms with E-state index in [0.29, 0.717) is 17.1 Å². The normalized spacial score (nSPS) is 14.2. The molecule has 12 heteroatoms. The van der Waals surface area contributed by atoms with Crippen LogP contribution in [0.15, 0.2) is 60.8 Å². The molecule has 2 amide bonds. The highest BCUT2D eigenvalue weighted by molar-refractivity contribution is 6.04. The smallest absolute Gasteiger partial charge is 0.415 e. The number of amides is 2. The maximum atomic E-state index is 13.1. The molecule has 4 rings (SSSR count). The van der Waals surface area contributed by atoms with Crippen molar-refractivity contribution in [2.24, 2.45) is 0 Å². The summed E-state index contributed by atoms with van der Waals surface area (Å²) in [5.74, 6) is -0.397. The molecule has 2 aromatic carbocycles. The summed E-state index contributed by atoms with van der Waals surface area (Å²) in [4.78, 5) is 53.9. The first-order valence-corrected chi connectivity index (χ1v) is 12.5. The van der Waals surface area contributed by atoms with Crippen LogP contribution >= 0.6 is 0 Å². The highest BCUT2D eigenvalue weighted by Gasteiger charge is 2.41. The van der Waals surface area contributed by atoms with Gasteiger partial charge in [0.05, 0.1) is 29.1 Å². The zero-order valence-electron chi connectivity index (χ0n) is 22.4. The van der Waals surface area contributed by atoms with Crippen LogP contribution in [-0.2, 0) is 20.7 Å². The number of aromatic nitrogens is 1. The van der Waals surface area contributed by atoms with Gasteiger partial charge in [0.15, 0.2) is 0 Å². The van der Waals surface area contributed by atoms with Crippen molar-refractivity contribution in [1.29, 1.82) is 0 Å². The second kappa shape index (κ2) is 11.4. The number of rotatable bonds is 7. The summed E-state index contributed by atoms with van der Waals surface area (Å²) in [5.41, 5.74) is 0.979. The van der Waals surface area contributed by atoms with Crippen LogP contribution in [0.5, 0.6) is 11.6 Å². The number of anilines is 2. The molecule has 40 heavy (non-hydrogen) atoms. The van der Waals surface area contributed by atoms with Crippen LogP contribution in [0.25, 0.3) is 0 Å². The Hall–Kier alpha value is -5.00. The number of pyridine rings is 1. The maximum Gasteiger partial charge on any atom is 0.415 e. The van der Waals surface area contributed by atoms with Crippen molar-refractivity contribution in [3.63, 3.8) is 0 Å². The first kappa shape index (κ1) is 28.0. The number of non-ortho nitro benzene ring substituents is 1. The predicted molar refractivity (Wildman–Crippen MR) is 145 cm³/mol. The van der Waals surface area contributed by atoms with Crippen LogP contribution in [0.4, 0.5) is 21.9 Å². The molecular formula is C28H28N4O8. The standard InChI is InChI=1S/C28H28N4O8/c1-5-38-26(34)23-14-18-8-12-21(15-22(18)31(23)27(35)40-28(2,3)4)39-24-13-9-19(16-29-24)30-25(33)17-6-10-20(11-7-17)32(36)37/h6-13,15-16,23H,5,14H2,1-4H3,(H,30,33). The second-order valence-corrected chi connectivity index (χ2v) is 9.86. The van der Waals surface area contributed by atoms with E-state index in [0.717, 1.165) is 5.56 Å². The summed E-state index contributed by atoms with van der Waals surface area (Å²) in [6, 6.07) is 12.6. The Labute approximate surface area is 230 Å². The van der Waals surface area contributed by atoms with Gasteiger partial charge < -0.3 is 19.5 Å². The van der Waals surface area contributed by atoms with Crippen molar-refractivity contribution in [1.82, 2.24) is 4.98 Å². The van der Waals surface area contributed by atoms with Gasteiger partial charge in [-0.1, -0.05) is 6.07 Å². The van der Waals surface area contributed by atoms with E-state index >= 15 is 0 Å². The summed E-state index contributed by atoms with van der Waals surface area (Å²) in [7, 11) is 0. The molecule has 1 aromatic heterocycles. The van der Waals surface area contributed by atoms with E-state index in [1.54, 1.807) is 58.0 Å². The molecule has 0 saturated heterocycles. The summed E-state index contributed by atoms with van der Waals surface area (Å²) in [5, 5.41) is 13.5. The molecule has 0 saturated carbocycles. The van der Waals surface area contributed by atoms with E-state index in [1.165, 1.54) is 35.4 Å². The molecule has 2 heterocycles. The first-order chi connectivity index (χ1) is 18.9. The highest BCUT2D eigenvalue weighted by atomic mass is 16.6. The number of hydrogen-bond acceptors (Lipinski definition) is 9. The van der Waals surface area contributed by atoms with Crippen molar-refractivity contribution in [2.75, 3.05) is 16.8 Å². The van der Waals surface area contributed by atoms with Crippen molar-refractivity contribution >= 4 is 35.0 Å². The number of carbonyl (C=O) groups excluding carboxylic acids is 3. The lowest BCUT2D eigenvalue weighted by Gasteiger charge is -2.28. The van der Waals surface area contributed by atoms with Gasteiger partial charge in [-0.15, -0.1) is 0 Å². The van der Waals surface area contributed by atoms with E-state index in [9.17, 15) is 24.5 Å². The minimum Gasteiger partial charge on any atom is -0.464 e. The predicted octanol–water partition coefficient (Wildman–Crippen LogP) is 5.26. The fourth-order valence-electron chi connectivity index (χ4n) is 4.01. The molecule has 1 aliphatic heterocycles. The Balaban J connectivity index is 1.48. The van der Waals surface area contributed by atoms with Crippen LogP contribution in [0, 0.1) is 10.1 Å². The topological polar surface area (TPSA) is 150 Å². The Bertz CT molecular complexity index is 1430. The molecule has 3 aromatic rings. The van der Waals surface area contributed by atoms with Crippen LogP contribution in [0.1, 0.15) is 43.6 Å². The van der Waals surface area contributed by atoms with Gasteiger partial charge >= 0.3 is 12.1 Å². The monoisotopic (exact) mass is 548 g/mol. The lowest BCUT2D eigenvalue weighted by atomic mass is 10.1. The molecule has 1 N–H and O–H groups in total. The number of nitrogens with one attached hydrogen (secondary N) is 1. The van der Waals surface area contributed by atoms with Crippen LogP contribution < -0.4 is 15.0 Å². The fraction of sp³-hybridized carbons (Fsp3) is 0.286. The Kier molecular flexibility index (Phi) is 7.98. The molecule has 0 spiro atoms. The minimum absolute atomic E-state index is 0.114. The van der Waals surface area contributed by atoms with E-state index in [-0.39, 0.29) is 30.2 Å². The molecule has 0 fully saturated rings. The van der Waals surface area contributed by atoms with Gasteiger partial charge in [0.1, 0.15) is 17.4 Å². The fourth-order valence-corrected chi connectivity index (χ4v) is 4.01. The van der Waals surface area contributed by atoms with E-state index < -0.39 is 34.5 Å². The molecule has 1 unspecified atom stereocenters. The Morgan fingerprint density at radius 1 is 1.10 bits per heavy atom. The van der Waals surface area contributed by atoms with Crippen LogP contribution in [-0.4, -0.2) is 46.1 Å². The third-order valence-corrected chi connectivity index (χ3v) is 5.75. The average molecular weight is 549 g/mol. The third-order valence-electron chi connectivity index (χ3n) is 5.75. The molecule has 1 atom stereocenters. The highest BCUT2D eigenvalue weighted by Crippen LogP contribution is 2.38. The molecule has 208 valence electrons. The number of esters is 1. The molecule has 1 aliphatic rings. The quantitative estimate of drug-likeness (QED) is 0.237. The van der Waals surface area contributed by atoms with Crippen molar-refractivity contribution in [3.05, 3.63) is 82.0 Å². The summed E-state index contributed by atoms with van der Waals surface area (Å²) in [6.45, 7) is 7.10. The number of benzene rings is 2. The largest absolute Gasteiger partial charge is 0.464 e. The third kappa shape index (κ3) is 6.52. The van der Waals surface area contributed by atoms with E-state index in [4.69, 9.17) is 14.2 Å². The lowest BCUT2D eigenvalue weighted by Crippen LogP contribution is -2.46. The molecule has 0 bridgehead atoms. The van der Waals surface area contributed by atoms with Gasteiger partial charge in [0.25, 0.3) is 11.6 Å². The molecule has 0 radical (unpaired) electrons. The van der Waals surface area contributed by atoms with Crippen molar-refractivity contribution < 1.29 is 33.5 Å². The number of nitro benzene ring substituents is 1. The zero-order valence-corrected chi connectivity index (χ0v) is 22.4. The maximum absolute atomic E-state index is 13.1. The minimum atomic E-state index is -0.864. The van der Waals surface area contributed by atoms with Gasteiger partial charge in [-0.05, 0) is 57.5 Å². The Morgan fingerprint density at radius 2 is 1.82 bits per heavy atom. The lowest BCUT2D eigenvalue weighted by molar-refractivity contribution is -0.384. The van der Waals surface area contributed by atoms with Gasteiger partial charge in [-0.25, -0.2) is 14.6 Å². The van der Waals surface area contributed by atoms with Gasteiger partial charge in [0.2, 0.25) is 5.88 Å². The van der Waals surface area contributed by atoms with Crippen molar-refractivity contribution in [2.45, 2.75) is 45.8 Å². The second-order valence-electron chi connectivity index (χ2n) is 9.86. The number of carbonyl (C=O) groups is 3.